The summed E-state index contributed by atoms with van der Waals surface area (Å²) in [5.41, 5.74) is 2.26. The van der Waals surface area contributed by atoms with Crippen LogP contribution in [0.15, 0.2) is 78.9 Å². The number of benzene rings is 3. The molecule has 0 aliphatic heterocycles. The van der Waals surface area contributed by atoms with Crippen molar-refractivity contribution in [2.75, 3.05) is 26.3 Å². The standard InChI is InChI=1S/C31H40NO6P/c33-27(23-37-29-15-13-28(14-16-29)36-22-26-7-3-1-4-8-26)21-32-20-17-25-9-11-30(12-10-25)38-24-31(39(34)35)18-5-2-6-19-31/h1,3-4,7-16,27,32-33,39H,2,5-6,17-24H2,(H,34,35). The van der Waals surface area contributed by atoms with Crippen molar-refractivity contribution < 1.29 is 28.8 Å². The SMILES string of the molecule is O=[PH](O)C1(COc2ccc(CCNCC(O)COc3ccc(OCc4ccccc4)cc3)cc2)CCCCC1. The highest BCUT2D eigenvalue weighted by Gasteiger charge is 2.38. The van der Waals surface area contributed by atoms with Crippen LogP contribution in [0, 0.1) is 0 Å². The van der Waals surface area contributed by atoms with Gasteiger partial charge in [-0.15, -0.1) is 0 Å². The first-order valence-corrected chi connectivity index (χ1v) is 15.1. The Bertz CT molecular complexity index is 1130. The predicted molar refractivity (Wildman–Crippen MR) is 154 cm³/mol. The molecule has 0 amide bonds. The van der Waals surface area contributed by atoms with Crippen molar-refractivity contribution in [2.24, 2.45) is 0 Å². The van der Waals surface area contributed by atoms with Crippen LogP contribution in [-0.4, -0.2) is 47.6 Å². The zero-order chi connectivity index (χ0) is 27.3. The molecule has 0 radical (unpaired) electrons. The van der Waals surface area contributed by atoms with Crippen LogP contribution < -0.4 is 19.5 Å². The van der Waals surface area contributed by atoms with Crippen molar-refractivity contribution in [3.63, 3.8) is 0 Å². The summed E-state index contributed by atoms with van der Waals surface area (Å²) in [6.07, 6.45) is 4.82. The zero-order valence-electron chi connectivity index (χ0n) is 22.4. The Kier molecular flexibility index (Phi) is 11.3. The fourth-order valence-corrected chi connectivity index (χ4v) is 5.72. The van der Waals surface area contributed by atoms with E-state index in [1.54, 1.807) is 0 Å². The molecular formula is C31H40NO6P. The van der Waals surface area contributed by atoms with Gasteiger partial charge in [0, 0.05) is 6.54 Å². The quantitative estimate of drug-likeness (QED) is 0.172. The van der Waals surface area contributed by atoms with Gasteiger partial charge in [-0.25, -0.2) is 0 Å². The summed E-state index contributed by atoms with van der Waals surface area (Å²) in [5, 5.41) is 13.0. The number of aliphatic hydroxyl groups excluding tert-OH is 1. The first-order valence-electron chi connectivity index (χ1n) is 13.8. The van der Waals surface area contributed by atoms with Crippen LogP contribution in [0.5, 0.6) is 17.2 Å². The third-order valence-electron chi connectivity index (χ3n) is 7.19. The topological polar surface area (TPSA) is 97.3 Å². The lowest BCUT2D eigenvalue weighted by atomic mass is 9.89. The van der Waals surface area contributed by atoms with Crippen molar-refractivity contribution in [1.29, 1.82) is 0 Å². The van der Waals surface area contributed by atoms with Gasteiger partial charge >= 0.3 is 0 Å². The van der Waals surface area contributed by atoms with Gasteiger partial charge in [0.2, 0.25) is 0 Å². The van der Waals surface area contributed by atoms with Gasteiger partial charge < -0.3 is 29.5 Å². The predicted octanol–water partition coefficient (Wildman–Crippen LogP) is 5.39. The molecule has 0 bridgehead atoms. The van der Waals surface area contributed by atoms with Crippen LogP contribution in [0.2, 0.25) is 0 Å². The molecule has 1 aliphatic rings. The lowest BCUT2D eigenvalue weighted by molar-refractivity contribution is 0.106. The number of rotatable bonds is 15. The molecule has 2 unspecified atom stereocenters. The van der Waals surface area contributed by atoms with Crippen molar-refractivity contribution in [1.82, 2.24) is 5.32 Å². The van der Waals surface area contributed by atoms with Crippen LogP contribution in [0.1, 0.15) is 43.2 Å². The van der Waals surface area contributed by atoms with E-state index in [0.717, 1.165) is 67.7 Å². The van der Waals surface area contributed by atoms with E-state index in [0.29, 0.717) is 25.5 Å². The number of hydrogen-bond donors (Lipinski definition) is 3. The van der Waals surface area contributed by atoms with Gasteiger partial charge in [-0.2, -0.15) is 0 Å². The molecule has 1 aliphatic carbocycles. The lowest BCUT2D eigenvalue weighted by Crippen LogP contribution is -2.34. The second-order valence-corrected chi connectivity index (χ2v) is 11.9. The number of nitrogens with one attached hydrogen (secondary N) is 1. The van der Waals surface area contributed by atoms with E-state index in [-0.39, 0.29) is 6.61 Å². The minimum Gasteiger partial charge on any atom is -0.492 e. The van der Waals surface area contributed by atoms with Crippen LogP contribution in [-0.2, 0) is 17.6 Å². The van der Waals surface area contributed by atoms with Crippen molar-refractivity contribution in [2.45, 2.75) is 56.4 Å². The first kappa shape index (κ1) is 29.2. The molecule has 7 nitrogen and oxygen atoms in total. The number of aliphatic hydroxyl groups is 1. The van der Waals surface area contributed by atoms with E-state index >= 15 is 0 Å². The Labute approximate surface area is 232 Å². The molecule has 0 aromatic heterocycles. The molecule has 3 aromatic rings. The highest BCUT2D eigenvalue weighted by molar-refractivity contribution is 7.40. The first-order chi connectivity index (χ1) is 19.0. The third kappa shape index (κ3) is 9.40. The van der Waals surface area contributed by atoms with E-state index in [4.69, 9.17) is 14.2 Å². The van der Waals surface area contributed by atoms with Gasteiger partial charge in [0.25, 0.3) is 0 Å². The minimum absolute atomic E-state index is 0.199. The van der Waals surface area contributed by atoms with Crippen molar-refractivity contribution in [3.8, 4) is 17.2 Å². The van der Waals surface area contributed by atoms with Gasteiger partial charge in [-0.05, 0) is 73.3 Å². The van der Waals surface area contributed by atoms with E-state index in [9.17, 15) is 14.6 Å². The van der Waals surface area contributed by atoms with E-state index < -0.39 is 19.3 Å². The van der Waals surface area contributed by atoms with Crippen LogP contribution in [0.3, 0.4) is 0 Å². The largest absolute Gasteiger partial charge is 0.492 e. The van der Waals surface area contributed by atoms with Crippen LogP contribution in [0.4, 0.5) is 0 Å². The highest BCUT2D eigenvalue weighted by atomic mass is 31.1. The molecule has 0 heterocycles. The Morgan fingerprint density at radius 3 is 2.08 bits per heavy atom. The second-order valence-electron chi connectivity index (χ2n) is 10.2. The summed E-state index contributed by atoms with van der Waals surface area (Å²) < 4.78 is 29.4. The summed E-state index contributed by atoms with van der Waals surface area (Å²) >= 11 is 0. The van der Waals surface area contributed by atoms with Gasteiger partial charge in [0.05, 0.1) is 5.16 Å². The number of hydrogen-bond acceptors (Lipinski definition) is 6. The maximum Gasteiger partial charge on any atom is 0.198 e. The van der Waals surface area contributed by atoms with Crippen molar-refractivity contribution in [3.05, 3.63) is 90.0 Å². The van der Waals surface area contributed by atoms with E-state index in [2.05, 4.69) is 5.32 Å². The van der Waals surface area contributed by atoms with Crippen molar-refractivity contribution >= 4 is 8.03 Å². The third-order valence-corrected chi connectivity index (χ3v) is 8.74. The molecule has 2 atom stereocenters. The fourth-order valence-electron chi connectivity index (χ4n) is 4.75. The molecule has 4 rings (SSSR count). The van der Waals surface area contributed by atoms with Gasteiger partial charge in [-0.3, -0.25) is 4.57 Å². The maximum absolute atomic E-state index is 12.0. The summed E-state index contributed by atoms with van der Waals surface area (Å²) in [4.78, 5) is 9.89. The molecule has 1 fully saturated rings. The second kappa shape index (κ2) is 15.1. The average Bonchev–Trinajstić information content (AvgIpc) is 2.98. The van der Waals surface area contributed by atoms with E-state index in [1.165, 1.54) is 0 Å². The molecular weight excluding hydrogens is 513 g/mol. The highest BCUT2D eigenvalue weighted by Crippen LogP contribution is 2.46. The number of ether oxygens (including phenoxy) is 3. The molecule has 1 saturated carbocycles. The van der Waals surface area contributed by atoms with Crippen LogP contribution >= 0.6 is 8.03 Å². The summed E-state index contributed by atoms with van der Waals surface area (Å²) in [7, 11) is -2.64. The molecule has 39 heavy (non-hydrogen) atoms. The molecule has 0 saturated heterocycles. The monoisotopic (exact) mass is 553 g/mol. The molecule has 8 heteroatoms. The lowest BCUT2D eigenvalue weighted by Gasteiger charge is -2.34. The summed E-state index contributed by atoms with van der Waals surface area (Å²) in [5.74, 6) is 2.18. The normalized spacial score (nSPS) is 16.3. The van der Waals surface area contributed by atoms with Gasteiger partial charge in [0.1, 0.15) is 43.2 Å². The Morgan fingerprint density at radius 2 is 1.41 bits per heavy atom. The molecule has 210 valence electrons. The minimum atomic E-state index is -2.64. The molecule has 3 N–H and O–H groups in total. The smallest absolute Gasteiger partial charge is 0.198 e. The van der Waals surface area contributed by atoms with Gasteiger partial charge in [-0.1, -0.05) is 61.7 Å². The van der Waals surface area contributed by atoms with Gasteiger partial charge in [0.15, 0.2) is 8.03 Å². The maximum atomic E-state index is 12.0. The molecule has 3 aromatic carbocycles. The summed E-state index contributed by atoms with van der Waals surface area (Å²) in [6, 6.07) is 25.3. The summed E-state index contributed by atoms with van der Waals surface area (Å²) in [6.45, 7) is 2.17. The molecule has 0 spiro atoms. The Morgan fingerprint density at radius 1 is 0.795 bits per heavy atom. The fraction of sp³-hybridized carbons (Fsp3) is 0.419. The van der Waals surface area contributed by atoms with E-state index in [1.807, 2.05) is 78.9 Å². The van der Waals surface area contributed by atoms with Crippen LogP contribution in [0.25, 0.3) is 0 Å². The Hall–Kier alpha value is -2.83. The average molecular weight is 554 g/mol. The zero-order valence-corrected chi connectivity index (χ0v) is 23.4. The Balaban J connectivity index is 1.09.